The molecule has 1 unspecified atom stereocenters. The fraction of sp³-hybridized carbons (Fsp3) is 0.179. The van der Waals surface area contributed by atoms with Crippen LogP contribution in [0, 0.1) is 6.92 Å². The van der Waals surface area contributed by atoms with E-state index >= 15 is 0 Å². The highest BCUT2D eigenvalue weighted by Gasteiger charge is 2.48. The number of benzene rings is 4. The van der Waals surface area contributed by atoms with Crippen LogP contribution in [0.5, 0.6) is 0 Å². The molecule has 0 amide bonds. The Labute approximate surface area is 177 Å². The van der Waals surface area contributed by atoms with Gasteiger partial charge in [-0.05, 0) is 64.4 Å². The van der Waals surface area contributed by atoms with Crippen LogP contribution in [0.1, 0.15) is 28.7 Å². The van der Waals surface area contributed by atoms with E-state index in [1.54, 1.807) is 0 Å². The molecule has 0 spiro atoms. The maximum atomic E-state index is 13.3. The van der Waals surface area contributed by atoms with Crippen LogP contribution in [0.25, 0.3) is 21.9 Å². The third-order valence-electron chi connectivity index (χ3n) is 6.51. The van der Waals surface area contributed by atoms with Gasteiger partial charge in [0.15, 0.2) is 0 Å². The van der Waals surface area contributed by atoms with E-state index < -0.39 is 5.41 Å². The molecule has 0 N–H and O–H groups in total. The number of hydrogen-bond donors (Lipinski definition) is 0. The van der Waals surface area contributed by atoms with Crippen LogP contribution in [-0.4, -0.2) is 13.1 Å². The van der Waals surface area contributed by atoms with Crippen molar-refractivity contribution in [2.24, 2.45) is 0 Å². The summed E-state index contributed by atoms with van der Waals surface area (Å²) in [6.45, 7) is 2.11. The highest BCUT2D eigenvalue weighted by Crippen LogP contribution is 2.50. The Morgan fingerprint density at radius 2 is 1.60 bits per heavy atom. The van der Waals surface area contributed by atoms with Crippen LogP contribution in [0.3, 0.4) is 0 Å². The van der Waals surface area contributed by atoms with Gasteiger partial charge in [-0.15, -0.1) is 0 Å². The second-order valence-corrected chi connectivity index (χ2v) is 8.13. The van der Waals surface area contributed by atoms with Gasteiger partial charge in [-0.3, -0.25) is 4.79 Å². The molecular weight excluding hydrogens is 368 g/mol. The van der Waals surface area contributed by atoms with Gasteiger partial charge >= 0.3 is 5.97 Å². The third-order valence-corrected chi connectivity index (χ3v) is 6.51. The Bertz CT molecular complexity index is 1240. The van der Waals surface area contributed by atoms with Crippen LogP contribution in [0.4, 0.5) is 0 Å². The monoisotopic (exact) mass is 392 g/mol. The summed E-state index contributed by atoms with van der Waals surface area (Å²) < 4.78 is 5.38. The summed E-state index contributed by atoms with van der Waals surface area (Å²) in [5.74, 6) is -0.183. The number of hydrogen-bond acceptors (Lipinski definition) is 2. The molecule has 0 aliphatic heterocycles. The van der Waals surface area contributed by atoms with E-state index in [1.807, 2.05) is 30.3 Å². The minimum atomic E-state index is -0.769. The number of carbonyl (C=O) groups is 1. The van der Waals surface area contributed by atoms with Gasteiger partial charge in [-0.25, -0.2) is 0 Å². The molecule has 4 aromatic rings. The fourth-order valence-electron chi connectivity index (χ4n) is 5.05. The standard InChI is InChI=1S/C28H24O2/c1-19-12-14-20(15-13-19)26-23-11-7-6-8-21(23)18-25-24(26)16-17-28(25,27(29)30-2)22-9-4-3-5-10-22/h3-15,18H,16-17H2,1-2H3. The number of esters is 1. The van der Waals surface area contributed by atoms with Gasteiger partial charge in [0.1, 0.15) is 5.41 Å². The van der Waals surface area contributed by atoms with E-state index in [0.29, 0.717) is 6.42 Å². The molecule has 5 rings (SSSR count). The minimum absolute atomic E-state index is 0.183. The van der Waals surface area contributed by atoms with Gasteiger partial charge in [0, 0.05) is 0 Å². The highest BCUT2D eigenvalue weighted by atomic mass is 16.5. The zero-order valence-corrected chi connectivity index (χ0v) is 17.3. The fourth-order valence-corrected chi connectivity index (χ4v) is 5.05. The molecule has 0 saturated carbocycles. The van der Waals surface area contributed by atoms with Crippen molar-refractivity contribution in [3.63, 3.8) is 0 Å². The summed E-state index contributed by atoms with van der Waals surface area (Å²) in [7, 11) is 1.49. The second kappa shape index (κ2) is 7.14. The maximum Gasteiger partial charge on any atom is 0.320 e. The molecule has 0 radical (unpaired) electrons. The van der Waals surface area contributed by atoms with Crippen LogP contribution in [0.15, 0.2) is 84.9 Å². The van der Waals surface area contributed by atoms with Crippen LogP contribution in [0.2, 0.25) is 0 Å². The van der Waals surface area contributed by atoms with Gasteiger partial charge in [0.25, 0.3) is 0 Å². The molecule has 1 aliphatic carbocycles. The topological polar surface area (TPSA) is 26.3 Å². The van der Waals surface area contributed by atoms with Crippen molar-refractivity contribution in [1.29, 1.82) is 0 Å². The molecule has 30 heavy (non-hydrogen) atoms. The Morgan fingerprint density at radius 1 is 0.900 bits per heavy atom. The summed E-state index contributed by atoms with van der Waals surface area (Å²) in [4.78, 5) is 13.3. The lowest BCUT2D eigenvalue weighted by molar-refractivity contribution is -0.145. The summed E-state index contributed by atoms with van der Waals surface area (Å²) in [6.07, 6.45) is 1.56. The first kappa shape index (κ1) is 18.6. The van der Waals surface area contributed by atoms with Gasteiger partial charge in [0.05, 0.1) is 7.11 Å². The van der Waals surface area contributed by atoms with Gasteiger partial charge < -0.3 is 4.74 Å². The minimum Gasteiger partial charge on any atom is -0.468 e. The Kier molecular flexibility index (Phi) is 4.43. The van der Waals surface area contributed by atoms with Crippen molar-refractivity contribution >= 4 is 16.7 Å². The first-order chi connectivity index (χ1) is 14.6. The first-order valence-electron chi connectivity index (χ1n) is 10.4. The number of aryl methyl sites for hydroxylation is 1. The quantitative estimate of drug-likeness (QED) is 0.387. The Balaban J connectivity index is 1.87. The van der Waals surface area contributed by atoms with Crippen molar-refractivity contribution in [1.82, 2.24) is 0 Å². The SMILES string of the molecule is COC(=O)C1(c2ccccc2)CCc2c1cc1ccccc1c2-c1ccc(C)cc1. The lowest BCUT2D eigenvalue weighted by atomic mass is 9.74. The zero-order valence-electron chi connectivity index (χ0n) is 17.3. The molecule has 1 aliphatic rings. The predicted octanol–water partition coefficient (Wildman–Crippen LogP) is 6.22. The number of methoxy groups -OCH3 is 1. The van der Waals surface area contributed by atoms with Gasteiger partial charge in [0.2, 0.25) is 0 Å². The molecule has 0 fully saturated rings. The van der Waals surface area contributed by atoms with Crippen LogP contribution >= 0.6 is 0 Å². The summed E-state index contributed by atoms with van der Waals surface area (Å²) in [5, 5.41) is 2.38. The molecule has 0 heterocycles. The van der Waals surface area contributed by atoms with Crippen molar-refractivity contribution in [3.05, 3.63) is 107 Å². The van der Waals surface area contributed by atoms with Crippen molar-refractivity contribution in [2.75, 3.05) is 7.11 Å². The lowest BCUT2D eigenvalue weighted by Crippen LogP contribution is -2.36. The number of ether oxygens (including phenoxy) is 1. The highest BCUT2D eigenvalue weighted by molar-refractivity contribution is 6.02. The average molecular weight is 392 g/mol. The first-order valence-corrected chi connectivity index (χ1v) is 10.4. The molecule has 2 nitrogen and oxygen atoms in total. The van der Waals surface area contributed by atoms with Crippen molar-refractivity contribution in [2.45, 2.75) is 25.2 Å². The van der Waals surface area contributed by atoms with E-state index in [1.165, 1.54) is 34.7 Å². The maximum absolute atomic E-state index is 13.3. The van der Waals surface area contributed by atoms with E-state index in [9.17, 15) is 4.79 Å². The van der Waals surface area contributed by atoms with Crippen LogP contribution < -0.4 is 0 Å². The number of carbonyl (C=O) groups excluding carboxylic acids is 1. The third kappa shape index (κ3) is 2.68. The normalized spacial score (nSPS) is 17.7. The van der Waals surface area contributed by atoms with E-state index in [-0.39, 0.29) is 5.97 Å². The van der Waals surface area contributed by atoms with E-state index in [0.717, 1.165) is 22.9 Å². The van der Waals surface area contributed by atoms with Crippen LogP contribution in [-0.2, 0) is 21.4 Å². The van der Waals surface area contributed by atoms with Gasteiger partial charge in [-0.2, -0.15) is 0 Å². The van der Waals surface area contributed by atoms with Crippen molar-refractivity contribution in [3.8, 4) is 11.1 Å². The van der Waals surface area contributed by atoms with E-state index in [4.69, 9.17) is 4.74 Å². The molecular formula is C28H24O2. The summed E-state index contributed by atoms with van der Waals surface area (Å²) in [6, 6.07) is 29.5. The molecule has 148 valence electrons. The molecule has 0 bridgehead atoms. The largest absolute Gasteiger partial charge is 0.468 e. The molecule has 4 aromatic carbocycles. The average Bonchev–Trinajstić information content (AvgIpc) is 3.18. The smallest absolute Gasteiger partial charge is 0.320 e. The summed E-state index contributed by atoms with van der Waals surface area (Å²) >= 11 is 0. The lowest BCUT2D eigenvalue weighted by Gasteiger charge is -2.29. The number of fused-ring (bicyclic) bond motifs is 2. The zero-order chi connectivity index (χ0) is 20.7. The molecule has 1 atom stereocenters. The molecule has 0 saturated heterocycles. The van der Waals surface area contributed by atoms with Gasteiger partial charge in [-0.1, -0.05) is 84.4 Å². The second-order valence-electron chi connectivity index (χ2n) is 8.13. The number of rotatable bonds is 3. The summed E-state index contributed by atoms with van der Waals surface area (Å²) in [5.41, 5.74) is 6.24. The Morgan fingerprint density at radius 3 is 2.33 bits per heavy atom. The van der Waals surface area contributed by atoms with E-state index in [2.05, 4.69) is 61.5 Å². The Hall–Kier alpha value is -3.39. The van der Waals surface area contributed by atoms with Crippen molar-refractivity contribution < 1.29 is 9.53 Å². The predicted molar refractivity (Wildman–Crippen MR) is 122 cm³/mol. The molecule has 0 aromatic heterocycles. The molecule has 2 heteroatoms.